The molecule has 2 amide bonds. The Balaban J connectivity index is 1.81. The second-order valence-corrected chi connectivity index (χ2v) is 7.64. The standard InChI is InChI=1S/C19H17ClFN3O2S/c1-11-7-8-12(9-13(11)20)22-19-24(2)17(25)10-16(27-19)18(26)23-15-6-4-3-5-14(15)21/h3-9,16H,10H2,1-2H3,(H,23,26)/t16-/m0/s1. The average Bonchev–Trinajstić information content (AvgIpc) is 2.63. The zero-order valence-corrected chi connectivity index (χ0v) is 16.3. The summed E-state index contributed by atoms with van der Waals surface area (Å²) >= 11 is 7.28. The van der Waals surface area contributed by atoms with Crippen LogP contribution >= 0.6 is 23.4 Å². The SMILES string of the molecule is Cc1ccc(N=C2S[C@H](C(=O)Nc3ccccc3F)CC(=O)N2C)cc1Cl. The number of amides is 2. The van der Waals surface area contributed by atoms with Crippen LogP contribution in [0.4, 0.5) is 15.8 Å². The van der Waals surface area contributed by atoms with Gasteiger partial charge in [0.2, 0.25) is 11.8 Å². The number of anilines is 1. The number of nitrogens with one attached hydrogen (secondary N) is 1. The number of carbonyl (C=O) groups excluding carboxylic acids is 2. The number of nitrogens with zero attached hydrogens (tertiary/aromatic N) is 2. The van der Waals surface area contributed by atoms with Crippen LogP contribution in [0.5, 0.6) is 0 Å². The maximum Gasteiger partial charge on any atom is 0.238 e. The number of carbonyl (C=O) groups is 2. The van der Waals surface area contributed by atoms with Gasteiger partial charge in [-0.1, -0.05) is 41.6 Å². The van der Waals surface area contributed by atoms with Gasteiger partial charge in [-0.3, -0.25) is 14.5 Å². The fourth-order valence-corrected chi connectivity index (χ4v) is 3.67. The minimum absolute atomic E-state index is 0.00905. The van der Waals surface area contributed by atoms with Gasteiger partial charge in [0.05, 0.1) is 11.4 Å². The Labute approximate surface area is 165 Å². The fraction of sp³-hybridized carbons (Fsp3) is 0.211. The number of hydrogen-bond donors (Lipinski definition) is 1. The molecule has 140 valence electrons. The predicted octanol–water partition coefficient (Wildman–Crippen LogP) is 4.38. The van der Waals surface area contributed by atoms with Gasteiger partial charge in [-0.05, 0) is 36.8 Å². The van der Waals surface area contributed by atoms with Crippen molar-refractivity contribution in [3.05, 3.63) is 58.9 Å². The molecule has 27 heavy (non-hydrogen) atoms. The van der Waals surface area contributed by atoms with Gasteiger partial charge in [0.25, 0.3) is 0 Å². The van der Waals surface area contributed by atoms with E-state index in [-0.39, 0.29) is 18.0 Å². The van der Waals surface area contributed by atoms with Crippen molar-refractivity contribution in [2.75, 3.05) is 12.4 Å². The summed E-state index contributed by atoms with van der Waals surface area (Å²) in [5.74, 6) is -1.21. The van der Waals surface area contributed by atoms with E-state index in [1.165, 1.54) is 23.1 Å². The molecule has 0 saturated carbocycles. The molecule has 0 aliphatic carbocycles. The molecule has 3 rings (SSSR count). The molecule has 5 nitrogen and oxygen atoms in total. The highest BCUT2D eigenvalue weighted by atomic mass is 35.5. The third kappa shape index (κ3) is 4.48. The smallest absolute Gasteiger partial charge is 0.238 e. The number of amidine groups is 1. The molecule has 1 atom stereocenters. The largest absolute Gasteiger partial charge is 0.323 e. The molecule has 0 spiro atoms. The molecular formula is C19H17ClFN3O2S. The molecule has 2 aromatic rings. The van der Waals surface area contributed by atoms with E-state index >= 15 is 0 Å². The van der Waals surface area contributed by atoms with Crippen LogP contribution in [-0.2, 0) is 9.59 Å². The lowest BCUT2D eigenvalue weighted by Gasteiger charge is -2.28. The molecule has 1 aliphatic heterocycles. The first-order valence-electron chi connectivity index (χ1n) is 8.18. The summed E-state index contributed by atoms with van der Waals surface area (Å²) in [4.78, 5) is 30.7. The first-order valence-corrected chi connectivity index (χ1v) is 9.44. The lowest BCUT2D eigenvalue weighted by atomic mass is 10.2. The third-order valence-corrected chi connectivity index (χ3v) is 5.72. The second kappa shape index (κ2) is 8.10. The highest BCUT2D eigenvalue weighted by Crippen LogP contribution is 2.30. The summed E-state index contributed by atoms with van der Waals surface area (Å²) in [5.41, 5.74) is 1.59. The number of benzene rings is 2. The van der Waals surface area contributed by atoms with Crippen molar-refractivity contribution >= 4 is 51.7 Å². The first kappa shape index (κ1) is 19.4. The number of halogens is 2. The third-order valence-electron chi connectivity index (χ3n) is 4.07. The zero-order chi connectivity index (χ0) is 19.6. The Morgan fingerprint density at radius 3 is 2.78 bits per heavy atom. The Morgan fingerprint density at radius 1 is 1.33 bits per heavy atom. The summed E-state index contributed by atoms with van der Waals surface area (Å²) in [6.07, 6.45) is 0.00905. The van der Waals surface area contributed by atoms with Crippen molar-refractivity contribution in [1.29, 1.82) is 0 Å². The lowest BCUT2D eigenvalue weighted by Crippen LogP contribution is -2.43. The monoisotopic (exact) mass is 405 g/mol. The molecule has 1 aliphatic rings. The highest BCUT2D eigenvalue weighted by Gasteiger charge is 2.34. The van der Waals surface area contributed by atoms with Gasteiger partial charge in [0.15, 0.2) is 5.17 Å². The molecule has 1 heterocycles. The van der Waals surface area contributed by atoms with E-state index in [4.69, 9.17) is 11.6 Å². The minimum Gasteiger partial charge on any atom is -0.323 e. The van der Waals surface area contributed by atoms with Gasteiger partial charge in [-0.25, -0.2) is 9.38 Å². The van der Waals surface area contributed by atoms with Gasteiger partial charge in [-0.2, -0.15) is 0 Å². The van der Waals surface area contributed by atoms with Gasteiger partial charge >= 0.3 is 0 Å². The van der Waals surface area contributed by atoms with Crippen molar-refractivity contribution in [1.82, 2.24) is 4.90 Å². The molecule has 0 aromatic heterocycles. The number of rotatable bonds is 3. The predicted molar refractivity (Wildman–Crippen MR) is 107 cm³/mol. The summed E-state index contributed by atoms with van der Waals surface area (Å²) < 4.78 is 13.8. The van der Waals surface area contributed by atoms with Gasteiger partial charge in [0.1, 0.15) is 11.1 Å². The maximum absolute atomic E-state index is 13.8. The summed E-state index contributed by atoms with van der Waals surface area (Å²) in [7, 11) is 1.61. The normalized spacial score (nSPS) is 18.7. The molecule has 8 heteroatoms. The number of aryl methyl sites for hydroxylation is 1. The van der Waals surface area contributed by atoms with Crippen molar-refractivity contribution in [3.8, 4) is 0 Å². The van der Waals surface area contributed by atoms with E-state index in [0.29, 0.717) is 15.9 Å². The zero-order valence-electron chi connectivity index (χ0n) is 14.7. The highest BCUT2D eigenvalue weighted by molar-refractivity contribution is 8.15. The van der Waals surface area contributed by atoms with E-state index in [9.17, 15) is 14.0 Å². The number of hydrogen-bond acceptors (Lipinski definition) is 4. The Bertz CT molecular complexity index is 935. The second-order valence-electron chi connectivity index (χ2n) is 6.06. The fourth-order valence-electron chi connectivity index (χ4n) is 2.44. The van der Waals surface area contributed by atoms with Gasteiger partial charge < -0.3 is 5.32 Å². The molecule has 0 unspecified atom stereocenters. The van der Waals surface area contributed by atoms with Crippen LogP contribution in [0.25, 0.3) is 0 Å². The van der Waals surface area contributed by atoms with Gasteiger partial charge in [0, 0.05) is 18.5 Å². The van der Waals surface area contributed by atoms with E-state index in [2.05, 4.69) is 10.3 Å². The van der Waals surface area contributed by atoms with Crippen LogP contribution in [0.3, 0.4) is 0 Å². The average molecular weight is 406 g/mol. The van der Waals surface area contributed by atoms with Crippen LogP contribution < -0.4 is 5.32 Å². The van der Waals surface area contributed by atoms with E-state index in [1.807, 2.05) is 13.0 Å². The molecule has 0 radical (unpaired) electrons. The molecule has 0 bridgehead atoms. The van der Waals surface area contributed by atoms with Crippen LogP contribution in [-0.4, -0.2) is 34.2 Å². The number of para-hydroxylation sites is 1. The Kier molecular flexibility index (Phi) is 5.82. The van der Waals surface area contributed by atoms with Gasteiger partial charge in [-0.15, -0.1) is 0 Å². The van der Waals surface area contributed by atoms with Crippen molar-refractivity contribution < 1.29 is 14.0 Å². The van der Waals surface area contributed by atoms with E-state index in [0.717, 1.165) is 17.3 Å². The van der Waals surface area contributed by atoms with Crippen LogP contribution in [0.2, 0.25) is 5.02 Å². The van der Waals surface area contributed by atoms with Crippen LogP contribution in [0.15, 0.2) is 47.5 Å². The molecule has 1 saturated heterocycles. The van der Waals surface area contributed by atoms with Crippen LogP contribution in [0.1, 0.15) is 12.0 Å². The maximum atomic E-state index is 13.8. The van der Waals surface area contributed by atoms with Crippen molar-refractivity contribution in [2.45, 2.75) is 18.6 Å². The van der Waals surface area contributed by atoms with Crippen molar-refractivity contribution in [2.24, 2.45) is 4.99 Å². The van der Waals surface area contributed by atoms with E-state index < -0.39 is 17.0 Å². The topological polar surface area (TPSA) is 61.8 Å². The molecular weight excluding hydrogens is 389 g/mol. The quantitative estimate of drug-likeness (QED) is 0.824. The van der Waals surface area contributed by atoms with E-state index in [1.54, 1.807) is 25.2 Å². The lowest BCUT2D eigenvalue weighted by molar-refractivity contribution is -0.128. The minimum atomic E-state index is -0.701. The Hall–Kier alpha value is -2.38. The van der Waals surface area contributed by atoms with Crippen LogP contribution in [0, 0.1) is 12.7 Å². The summed E-state index contributed by atoms with van der Waals surface area (Å²) in [6.45, 7) is 1.88. The number of aliphatic imine (C=N–C) groups is 1. The molecule has 1 N–H and O–H groups in total. The van der Waals surface area contributed by atoms with Crippen molar-refractivity contribution in [3.63, 3.8) is 0 Å². The summed E-state index contributed by atoms with van der Waals surface area (Å²) in [6, 6.07) is 11.2. The Morgan fingerprint density at radius 2 is 2.07 bits per heavy atom. The molecule has 1 fully saturated rings. The summed E-state index contributed by atoms with van der Waals surface area (Å²) in [5, 5.41) is 2.79. The first-order chi connectivity index (χ1) is 12.8. The molecule has 2 aromatic carbocycles. The number of thioether (sulfide) groups is 1.